The second-order valence-corrected chi connectivity index (χ2v) is 8.25. The van der Waals surface area contributed by atoms with E-state index in [1.54, 1.807) is 6.20 Å². The number of hydrogen-bond acceptors (Lipinski definition) is 4. The van der Waals surface area contributed by atoms with Crippen molar-refractivity contribution >= 4 is 23.0 Å². The van der Waals surface area contributed by atoms with Crippen LogP contribution in [0.4, 0.5) is 5.69 Å². The van der Waals surface area contributed by atoms with Crippen molar-refractivity contribution in [2.75, 3.05) is 44.7 Å². The summed E-state index contributed by atoms with van der Waals surface area (Å²) in [6.45, 7) is 12.7. The van der Waals surface area contributed by atoms with Crippen LogP contribution in [-0.2, 0) is 11.3 Å². The van der Waals surface area contributed by atoms with Crippen LogP contribution >= 0.6 is 12.2 Å². The average Bonchev–Trinajstić information content (AvgIpc) is 2.73. The van der Waals surface area contributed by atoms with Gasteiger partial charge in [-0.2, -0.15) is 0 Å². The Balaban J connectivity index is 1.74. The van der Waals surface area contributed by atoms with Gasteiger partial charge in [0.05, 0.1) is 13.2 Å². The molecule has 0 aliphatic carbocycles. The number of para-hydroxylation sites is 1. The van der Waals surface area contributed by atoms with Gasteiger partial charge in [-0.25, -0.2) is 0 Å². The van der Waals surface area contributed by atoms with Gasteiger partial charge in [0.25, 0.3) is 0 Å². The van der Waals surface area contributed by atoms with Crippen LogP contribution in [0.15, 0.2) is 42.7 Å². The van der Waals surface area contributed by atoms with Crippen molar-refractivity contribution in [3.05, 3.63) is 59.4 Å². The summed E-state index contributed by atoms with van der Waals surface area (Å²) >= 11 is 5.88. The largest absolute Gasteiger partial charge is 0.379 e. The topological polar surface area (TPSA) is 40.6 Å². The molecule has 1 N–H and O–H groups in total. The Bertz CT molecular complexity index is 791. The van der Waals surface area contributed by atoms with E-state index >= 15 is 0 Å². The number of pyridine rings is 1. The molecule has 1 fully saturated rings. The Kier molecular flexibility index (Phi) is 7.98. The van der Waals surface area contributed by atoms with Gasteiger partial charge >= 0.3 is 0 Å². The summed E-state index contributed by atoms with van der Waals surface area (Å²) in [7, 11) is 0. The molecule has 0 unspecified atom stereocenters. The van der Waals surface area contributed by atoms with Crippen molar-refractivity contribution in [3.8, 4) is 0 Å². The lowest BCUT2D eigenvalue weighted by Crippen LogP contribution is -2.44. The van der Waals surface area contributed by atoms with Gasteiger partial charge in [-0.05, 0) is 47.8 Å². The highest BCUT2D eigenvalue weighted by molar-refractivity contribution is 7.80. The summed E-state index contributed by atoms with van der Waals surface area (Å²) in [5.41, 5.74) is 4.80. The van der Waals surface area contributed by atoms with Crippen LogP contribution in [0, 0.1) is 6.92 Å². The smallest absolute Gasteiger partial charge is 0.173 e. The van der Waals surface area contributed by atoms with Gasteiger partial charge in [0, 0.05) is 50.8 Å². The molecule has 1 aromatic heterocycles. The van der Waals surface area contributed by atoms with Crippen molar-refractivity contribution < 1.29 is 4.74 Å². The highest BCUT2D eigenvalue weighted by Gasteiger charge is 2.17. The van der Waals surface area contributed by atoms with Crippen molar-refractivity contribution in [2.24, 2.45) is 0 Å². The Labute approximate surface area is 180 Å². The van der Waals surface area contributed by atoms with Crippen molar-refractivity contribution in [2.45, 2.75) is 33.2 Å². The van der Waals surface area contributed by atoms with Crippen molar-refractivity contribution in [1.29, 1.82) is 0 Å². The van der Waals surface area contributed by atoms with Crippen LogP contribution in [0.1, 0.15) is 36.5 Å². The molecule has 156 valence electrons. The monoisotopic (exact) mass is 412 g/mol. The predicted molar refractivity (Wildman–Crippen MR) is 123 cm³/mol. The number of morpholine rings is 1. The van der Waals surface area contributed by atoms with Gasteiger partial charge in [-0.1, -0.05) is 38.1 Å². The molecule has 0 atom stereocenters. The molecular formula is C23H32N4OS. The number of aromatic nitrogens is 1. The zero-order valence-corrected chi connectivity index (χ0v) is 18.5. The van der Waals surface area contributed by atoms with Crippen molar-refractivity contribution in [1.82, 2.24) is 14.8 Å². The van der Waals surface area contributed by atoms with Crippen LogP contribution in [-0.4, -0.2) is 59.3 Å². The minimum atomic E-state index is 0.431. The van der Waals surface area contributed by atoms with E-state index in [0.717, 1.165) is 62.3 Å². The quantitative estimate of drug-likeness (QED) is 0.692. The van der Waals surface area contributed by atoms with Crippen LogP contribution in [0.5, 0.6) is 0 Å². The van der Waals surface area contributed by atoms with E-state index < -0.39 is 0 Å². The Morgan fingerprint density at radius 2 is 2.03 bits per heavy atom. The second-order valence-electron chi connectivity index (χ2n) is 7.86. The Morgan fingerprint density at radius 1 is 1.24 bits per heavy atom. The first-order chi connectivity index (χ1) is 14.0. The molecule has 29 heavy (non-hydrogen) atoms. The van der Waals surface area contributed by atoms with Gasteiger partial charge in [-0.3, -0.25) is 9.88 Å². The third-order valence-corrected chi connectivity index (χ3v) is 5.69. The number of ether oxygens (including phenoxy) is 1. The van der Waals surface area contributed by atoms with E-state index in [9.17, 15) is 0 Å². The zero-order chi connectivity index (χ0) is 20.6. The molecule has 3 rings (SSSR count). The number of nitrogens with one attached hydrogen (secondary N) is 1. The predicted octanol–water partition coefficient (Wildman–Crippen LogP) is 4.04. The van der Waals surface area contributed by atoms with E-state index in [-0.39, 0.29) is 0 Å². The molecule has 5 nitrogen and oxygen atoms in total. The Morgan fingerprint density at radius 3 is 2.72 bits per heavy atom. The van der Waals surface area contributed by atoms with Crippen LogP contribution in [0.25, 0.3) is 0 Å². The lowest BCUT2D eigenvalue weighted by atomic mass is 9.98. The number of benzene rings is 1. The van der Waals surface area contributed by atoms with Crippen LogP contribution in [0.2, 0.25) is 0 Å². The minimum absolute atomic E-state index is 0.431. The van der Waals surface area contributed by atoms with Crippen LogP contribution in [0.3, 0.4) is 0 Å². The standard InChI is InChI=1S/C23H32N4OS/c1-18(2)21-8-4-6-19(3)22(21)25-23(29)27(17-20-7-5-9-24-16-20)11-10-26-12-14-28-15-13-26/h4-9,16,18H,10-15,17H2,1-3H3,(H,25,29). The molecule has 2 heterocycles. The molecule has 1 saturated heterocycles. The molecule has 1 aliphatic heterocycles. The maximum atomic E-state index is 5.88. The fourth-order valence-corrected chi connectivity index (χ4v) is 3.84. The first-order valence-corrected chi connectivity index (χ1v) is 10.8. The summed E-state index contributed by atoms with van der Waals surface area (Å²) in [4.78, 5) is 8.95. The molecule has 0 saturated carbocycles. The lowest BCUT2D eigenvalue weighted by Gasteiger charge is -2.32. The van der Waals surface area contributed by atoms with Gasteiger partial charge in [0.15, 0.2) is 5.11 Å². The van der Waals surface area contributed by atoms with Gasteiger partial charge < -0.3 is 15.0 Å². The van der Waals surface area contributed by atoms with E-state index in [1.807, 2.05) is 12.3 Å². The normalized spacial score (nSPS) is 14.8. The van der Waals surface area contributed by atoms with E-state index in [2.05, 4.69) is 65.1 Å². The molecule has 0 radical (unpaired) electrons. The number of rotatable bonds is 7. The molecule has 0 amide bonds. The molecule has 1 aromatic carbocycles. The molecule has 2 aromatic rings. The fourth-order valence-electron chi connectivity index (χ4n) is 3.58. The second kappa shape index (κ2) is 10.7. The maximum absolute atomic E-state index is 5.88. The van der Waals surface area contributed by atoms with Gasteiger partial charge in [-0.15, -0.1) is 0 Å². The molecule has 1 aliphatic rings. The number of aryl methyl sites for hydroxylation is 1. The summed E-state index contributed by atoms with van der Waals surface area (Å²) in [6, 6.07) is 10.5. The zero-order valence-electron chi connectivity index (χ0n) is 17.7. The summed E-state index contributed by atoms with van der Waals surface area (Å²) < 4.78 is 5.48. The number of hydrogen-bond donors (Lipinski definition) is 1. The molecular weight excluding hydrogens is 380 g/mol. The highest BCUT2D eigenvalue weighted by Crippen LogP contribution is 2.27. The number of thiocarbonyl (C=S) groups is 1. The van der Waals surface area contributed by atoms with Gasteiger partial charge in [0.2, 0.25) is 0 Å². The fraction of sp³-hybridized carbons (Fsp3) is 0.478. The SMILES string of the molecule is Cc1cccc(C(C)C)c1NC(=S)N(CCN1CCOCC1)Cc1cccnc1. The van der Waals surface area contributed by atoms with E-state index in [0.29, 0.717) is 5.92 Å². The summed E-state index contributed by atoms with van der Waals surface area (Å²) in [5, 5.41) is 4.32. The third kappa shape index (κ3) is 6.23. The number of anilines is 1. The first kappa shape index (κ1) is 21.7. The van der Waals surface area contributed by atoms with Crippen LogP contribution < -0.4 is 5.32 Å². The molecule has 6 heteroatoms. The molecule has 0 spiro atoms. The van der Waals surface area contributed by atoms with E-state index in [1.165, 1.54) is 11.1 Å². The maximum Gasteiger partial charge on any atom is 0.173 e. The first-order valence-electron chi connectivity index (χ1n) is 10.4. The Hall–Kier alpha value is -2.02. The summed E-state index contributed by atoms with van der Waals surface area (Å²) in [5.74, 6) is 0.431. The average molecular weight is 413 g/mol. The molecule has 0 bridgehead atoms. The number of nitrogens with zero attached hydrogens (tertiary/aromatic N) is 3. The highest BCUT2D eigenvalue weighted by atomic mass is 32.1. The third-order valence-electron chi connectivity index (χ3n) is 5.33. The lowest BCUT2D eigenvalue weighted by molar-refractivity contribution is 0.0358. The summed E-state index contributed by atoms with van der Waals surface area (Å²) in [6.07, 6.45) is 3.72. The van der Waals surface area contributed by atoms with Gasteiger partial charge in [0.1, 0.15) is 0 Å². The van der Waals surface area contributed by atoms with E-state index in [4.69, 9.17) is 17.0 Å². The minimum Gasteiger partial charge on any atom is -0.379 e. The van der Waals surface area contributed by atoms with Crippen molar-refractivity contribution in [3.63, 3.8) is 0 Å².